The van der Waals surface area contributed by atoms with Gasteiger partial charge in [-0.2, -0.15) is 21.9 Å². The molecule has 0 aliphatic rings. The average molecular weight is 766 g/mol. The molecule has 0 aliphatic heterocycles. The molecule has 8 aromatic rings. The minimum absolute atomic E-state index is 0.380. The van der Waals surface area contributed by atoms with Crippen LogP contribution in [0.3, 0.4) is 0 Å². The third-order valence-corrected chi connectivity index (χ3v) is 10.5. The lowest BCUT2D eigenvalue weighted by Crippen LogP contribution is -2.74. The molecular weight excluding hydrogens is 721 g/mol. The largest absolute Gasteiger partial charge is 0.435 e. The number of anilines is 2. The topological polar surface area (TPSA) is 54.1 Å². The lowest BCUT2D eigenvalue weighted by atomic mass is 9.13. The summed E-state index contributed by atoms with van der Waals surface area (Å²) in [7, 11) is 8.00. The zero-order valence-corrected chi connectivity index (χ0v) is 33.4. The number of benzene rings is 5. The van der Waals surface area contributed by atoms with Crippen LogP contribution in [0.2, 0.25) is 5.02 Å². The van der Waals surface area contributed by atoms with E-state index in [1.165, 1.54) is 21.9 Å². The molecule has 0 aliphatic carbocycles. The zero-order valence-electron chi connectivity index (χ0n) is 32.6. The van der Waals surface area contributed by atoms with Gasteiger partial charge in [0.2, 0.25) is 0 Å². The smallest absolute Gasteiger partial charge is 0.350 e. The first-order valence-electron chi connectivity index (χ1n) is 18.9. The Morgan fingerprint density at radius 2 is 0.807 bits per heavy atom. The molecule has 0 radical (unpaired) electrons. The van der Waals surface area contributed by atoms with Crippen LogP contribution >= 0.6 is 11.6 Å². The summed E-state index contributed by atoms with van der Waals surface area (Å²) in [6.07, 6.45) is 6.49. The quantitative estimate of drug-likeness (QED) is 0.109. The maximum Gasteiger partial charge on any atom is 0.350 e. The Kier molecular flexibility index (Phi) is 12.0. The molecule has 0 atom stereocenters. The first kappa shape index (κ1) is 38.5. The van der Waals surface area contributed by atoms with Crippen LogP contribution in [0.5, 0.6) is 0 Å². The standard InChI is InChI=1S/C24H20B.C24H25ClN7/c1-5-13-21(14-6-1)25(22-15-7-2-8-16-22,23-17-9-3-10-18-23)24-19-11-4-12-20-24;1-29(2)19-10-14-31(15-11-19)23-21(25)22(26-18-8-6-5-7-9-18)27-24(28-23)32-16-12-20(13-17-32)30(3)4/h1-20H;5-17H,1-4H3/q-1;+1. The van der Waals surface area contributed by atoms with E-state index in [-0.39, 0.29) is 0 Å². The minimum atomic E-state index is -1.22. The second kappa shape index (κ2) is 17.8. The van der Waals surface area contributed by atoms with Crippen molar-refractivity contribution in [1.82, 2.24) is 9.97 Å². The van der Waals surface area contributed by atoms with Gasteiger partial charge in [0.25, 0.3) is 0 Å². The SMILES string of the molecule is CN(C)c1cc[n+](-c2nc([N-]c3ccccc3)c(Cl)c(-[n+]3ccc(N(C)C)cc3)n2)cc1.c1ccc([B-](c2ccccc2)(c2ccccc2)c2ccccc2)cc1. The fourth-order valence-corrected chi connectivity index (χ4v) is 7.45. The maximum atomic E-state index is 6.76. The predicted molar refractivity (Wildman–Crippen MR) is 238 cm³/mol. The van der Waals surface area contributed by atoms with Crippen molar-refractivity contribution in [1.29, 1.82) is 0 Å². The summed E-state index contributed by atoms with van der Waals surface area (Å²) < 4.78 is 3.73. The van der Waals surface area contributed by atoms with Crippen LogP contribution in [0.4, 0.5) is 22.9 Å². The monoisotopic (exact) mass is 765 g/mol. The highest BCUT2D eigenvalue weighted by atomic mass is 35.5. The van der Waals surface area contributed by atoms with Crippen LogP contribution in [0.25, 0.3) is 17.1 Å². The molecule has 0 unspecified atom stereocenters. The third-order valence-electron chi connectivity index (χ3n) is 10.1. The van der Waals surface area contributed by atoms with Gasteiger partial charge in [-0.15, -0.1) is 0 Å². The molecule has 9 heteroatoms. The van der Waals surface area contributed by atoms with Crippen LogP contribution < -0.4 is 40.8 Å². The van der Waals surface area contributed by atoms with Gasteiger partial charge in [-0.25, -0.2) is 9.13 Å². The van der Waals surface area contributed by atoms with Crippen molar-refractivity contribution in [3.8, 4) is 11.8 Å². The molecule has 7 nitrogen and oxygen atoms in total. The third kappa shape index (κ3) is 8.57. The van der Waals surface area contributed by atoms with E-state index in [1.807, 2.05) is 127 Å². The van der Waals surface area contributed by atoms with Gasteiger partial charge in [-0.3, -0.25) is 0 Å². The van der Waals surface area contributed by atoms with Gasteiger partial charge < -0.3 is 20.1 Å². The fraction of sp³-hybridized carbons (Fsp3) is 0.0833. The van der Waals surface area contributed by atoms with Crippen LogP contribution in [0.1, 0.15) is 0 Å². The van der Waals surface area contributed by atoms with Gasteiger partial charge in [-0.1, -0.05) is 163 Å². The number of hydrogen-bond acceptors (Lipinski definition) is 4. The summed E-state index contributed by atoms with van der Waals surface area (Å²) in [6, 6.07) is 61.2. The Bertz CT molecular complexity index is 2310. The molecule has 3 heterocycles. The van der Waals surface area contributed by atoms with E-state index in [0.717, 1.165) is 17.1 Å². The Balaban J connectivity index is 0.000000179. The number of nitrogens with zero attached hydrogens (tertiary/aromatic N) is 7. The van der Waals surface area contributed by atoms with Crippen molar-refractivity contribution in [2.45, 2.75) is 0 Å². The highest BCUT2D eigenvalue weighted by molar-refractivity contribution is 7.19. The molecule has 0 saturated carbocycles. The molecule has 0 fully saturated rings. The minimum Gasteiger partial charge on any atom is -0.435 e. The molecule has 8 rings (SSSR count). The average Bonchev–Trinajstić information content (AvgIpc) is 3.27. The van der Waals surface area contributed by atoms with Crippen LogP contribution in [-0.2, 0) is 0 Å². The van der Waals surface area contributed by atoms with E-state index in [4.69, 9.17) is 16.6 Å². The highest BCUT2D eigenvalue weighted by Gasteiger charge is 2.31. The van der Waals surface area contributed by atoms with E-state index in [2.05, 4.69) is 132 Å². The number of para-hydroxylation sites is 1. The van der Waals surface area contributed by atoms with E-state index >= 15 is 0 Å². The molecular formula is C48H45BClN7. The summed E-state index contributed by atoms with van der Waals surface area (Å²) in [6.45, 7) is 0. The van der Waals surface area contributed by atoms with Crippen LogP contribution in [0.15, 0.2) is 201 Å². The highest BCUT2D eigenvalue weighted by Crippen LogP contribution is 2.35. The number of pyridine rings is 2. The second-order valence-electron chi connectivity index (χ2n) is 14.2. The molecule has 0 saturated heterocycles. The van der Waals surface area contributed by atoms with Crippen molar-refractivity contribution in [2.24, 2.45) is 0 Å². The summed E-state index contributed by atoms with van der Waals surface area (Å²) in [5.74, 6) is 1.45. The van der Waals surface area contributed by atoms with E-state index in [0.29, 0.717) is 22.6 Å². The van der Waals surface area contributed by atoms with Crippen molar-refractivity contribution in [3.63, 3.8) is 0 Å². The molecule has 0 amide bonds. The summed E-state index contributed by atoms with van der Waals surface area (Å²) in [5.41, 5.74) is 8.29. The predicted octanol–water partition coefficient (Wildman–Crippen LogP) is 7.22. The van der Waals surface area contributed by atoms with Gasteiger partial charge in [0.1, 0.15) is 11.2 Å². The summed E-state index contributed by atoms with van der Waals surface area (Å²) in [5, 5.41) is 5.06. The van der Waals surface area contributed by atoms with E-state index < -0.39 is 6.15 Å². The van der Waals surface area contributed by atoms with Crippen molar-refractivity contribution in [3.05, 3.63) is 211 Å². The first-order valence-corrected chi connectivity index (χ1v) is 19.3. The van der Waals surface area contributed by atoms with Crippen molar-refractivity contribution >= 4 is 62.5 Å². The molecule has 0 spiro atoms. The Morgan fingerprint density at radius 1 is 0.456 bits per heavy atom. The fourth-order valence-electron chi connectivity index (χ4n) is 7.23. The van der Waals surface area contributed by atoms with Crippen LogP contribution in [-0.4, -0.2) is 44.3 Å². The number of aromatic nitrogens is 4. The summed E-state index contributed by atoms with van der Waals surface area (Å²) in [4.78, 5) is 13.5. The van der Waals surface area contributed by atoms with Crippen molar-refractivity contribution < 1.29 is 9.13 Å². The Morgan fingerprint density at radius 3 is 1.18 bits per heavy atom. The molecule has 0 N–H and O–H groups in total. The molecule has 57 heavy (non-hydrogen) atoms. The number of rotatable bonds is 10. The molecule has 3 aromatic heterocycles. The van der Waals surface area contributed by atoms with E-state index in [9.17, 15) is 0 Å². The van der Waals surface area contributed by atoms with Gasteiger partial charge in [-0.05, 0) is 28.6 Å². The van der Waals surface area contributed by atoms with Gasteiger partial charge in [0.15, 0.2) is 0 Å². The Labute approximate surface area is 341 Å². The molecule has 282 valence electrons. The molecule has 0 bridgehead atoms. The lowest BCUT2D eigenvalue weighted by molar-refractivity contribution is -0.614. The summed E-state index contributed by atoms with van der Waals surface area (Å²) >= 11 is 6.76. The second-order valence-corrected chi connectivity index (χ2v) is 14.5. The molecule has 5 aromatic carbocycles. The Hall–Kier alpha value is -6.77. The first-order chi connectivity index (χ1) is 27.8. The normalized spacial score (nSPS) is 10.9. The number of halogens is 1. The zero-order chi connectivity index (χ0) is 39.6. The number of hydrogen-bond donors (Lipinski definition) is 0. The lowest BCUT2D eigenvalue weighted by Gasteiger charge is -2.44. The van der Waals surface area contributed by atoms with Crippen LogP contribution in [0, 0.1) is 0 Å². The van der Waals surface area contributed by atoms with E-state index in [1.54, 1.807) is 0 Å². The van der Waals surface area contributed by atoms with Crippen molar-refractivity contribution in [2.75, 3.05) is 38.0 Å². The van der Waals surface area contributed by atoms with Gasteiger partial charge in [0, 0.05) is 51.7 Å². The van der Waals surface area contributed by atoms with Gasteiger partial charge >= 0.3 is 11.8 Å². The maximum absolute atomic E-state index is 6.76. The van der Waals surface area contributed by atoms with Gasteiger partial charge in [0.05, 0.1) is 24.8 Å².